The molecule has 13 heteroatoms. The fourth-order valence-corrected chi connectivity index (χ4v) is 13.3. The molecule has 5 aliphatic rings. The second-order valence-electron chi connectivity index (χ2n) is 15.8. The third kappa shape index (κ3) is 5.19. The fraction of sp³-hybridized carbons (Fsp3) is 0.641. The van der Waals surface area contributed by atoms with E-state index in [1.165, 1.54) is 13.8 Å². The fourth-order valence-electron chi connectivity index (χ4n) is 10.4. The predicted molar refractivity (Wildman–Crippen MR) is 187 cm³/mol. The van der Waals surface area contributed by atoms with Crippen LogP contribution in [-0.4, -0.2) is 86.0 Å². The molecule has 0 amide bonds. The summed E-state index contributed by atoms with van der Waals surface area (Å²) in [5.74, 6) is -6.44. The number of carbonyl (C=O) groups is 6. The van der Waals surface area contributed by atoms with E-state index in [2.05, 4.69) is 20.8 Å². The van der Waals surface area contributed by atoms with E-state index in [0.29, 0.717) is 0 Å². The van der Waals surface area contributed by atoms with Gasteiger partial charge in [-0.05, 0) is 55.3 Å². The van der Waals surface area contributed by atoms with Crippen LogP contribution in [0.3, 0.4) is 0 Å². The zero-order chi connectivity index (χ0) is 38.2. The number of ketones is 2. The largest absolute Gasteiger partial charge is 0.454 e. The smallest absolute Gasteiger partial charge is 0.338 e. The lowest BCUT2D eigenvalue weighted by molar-refractivity contribution is -0.343. The number of hydrogen-bond donors (Lipinski definition) is 0. The van der Waals surface area contributed by atoms with Crippen LogP contribution in [0.4, 0.5) is 0 Å². The zero-order valence-corrected chi connectivity index (χ0v) is 32.5. The van der Waals surface area contributed by atoms with Crippen molar-refractivity contribution in [1.29, 1.82) is 0 Å². The standard InChI is InChI=1S/C39H50O12Si/c1-10-52(11-2,12-3)51-26-19-27-38(20-46-27,49-23(6)41)32-34(48-35(45)24-16-14-13-15-17-24)39-25(18-28(42)50-39)30(43)21(4)29(36(39,7)8)31(47-22(5)40)33(44)37(26,32)9/h13-17,25-27,31-32,34H,10-12,18-20H2,1-9H3/t25-,26-,27+,31+,32-,34-,37+,38-,39+/m0/s1. The van der Waals surface area contributed by atoms with E-state index in [1.54, 1.807) is 58.0 Å². The molecule has 4 fully saturated rings. The molecule has 1 aromatic carbocycles. The molecule has 2 heterocycles. The quantitative estimate of drug-likeness (QED) is 0.189. The van der Waals surface area contributed by atoms with Crippen molar-refractivity contribution in [2.45, 2.75) is 129 Å². The molecule has 12 nitrogen and oxygen atoms in total. The minimum atomic E-state index is -2.53. The molecule has 0 N–H and O–H groups in total. The van der Waals surface area contributed by atoms with Gasteiger partial charge in [-0.3, -0.25) is 24.0 Å². The van der Waals surface area contributed by atoms with Crippen molar-refractivity contribution in [1.82, 2.24) is 0 Å². The van der Waals surface area contributed by atoms with E-state index in [1.807, 2.05) is 0 Å². The van der Waals surface area contributed by atoms with Crippen molar-refractivity contribution in [2.24, 2.45) is 22.7 Å². The maximum atomic E-state index is 15.8. The van der Waals surface area contributed by atoms with Crippen LogP contribution in [0, 0.1) is 22.7 Å². The average Bonchev–Trinajstić information content (AvgIpc) is 3.47. The third-order valence-electron chi connectivity index (χ3n) is 13.2. The van der Waals surface area contributed by atoms with Crippen LogP contribution in [0.15, 0.2) is 41.5 Å². The van der Waals surface area contributed by atoms with E-state index in [-0.39, 0.29) is 36.2 Å². The molecule has 282 valence electrons. The summed E-state index contributed by atoms with van der Waals surface area (Å²) in [5, 5.41) is 0. The van der Waals surface area contributed by atoms with Gasteiger partial charge in [0.25, 0.3) is 0 Å². The topological polar surface area (TPSA) is 158 Å². The van der Waals surface area contributed by atoms with Gasteiger partial charge in [-0.15, -0.1) is 0 Å². The highest BCUT2D eigenvalue weighted by atomic mass is 28.4. The molecule has 2 bridgehead atoms. The van der Waals surface area contributed by atoms with Crippen molar-refractivity contribution >= 4 is 43.8 Å². The summed E-state index contributed by atoms with van der Waals surface area (Å²) >= 11 is 0. The third-order valence-corrected chi connectivity index (χ3v) is 17.8. The Morgan fingerprint density at radius 1 is 0.923 bits per heavy atom. The highest BCUT2D eigenvalue weighted by molar-refractivity contribution is 6.73. The number of ether oxygens (including phenoxy) is 5. The molecule has 9 atom stereocenters. The minimum Gasteiger partial charge on any atom is -0.454 e. The van der Waals surface area contributed by atoms with Gasteiger partial charge in [0, 0.05) is 25.7 Å². The van der Waals surface area contributed by atoms with E-state index in [9.17, 15) is 24.0 Å². The lowest BCUT2D eigenvalue weighted by Gasteiger charge is -2.68. The molecular weight excluding hydrogens is 689 g/mol. The number of fused-ring (bicyclic) bond motifs is 4. The van der Waals surface area contributed by atoms with Crippen LogP contribution in [0.25, 0.3) is 0 Å². The van der Waals surface area contributed by atoms with Crippen molar-refractivity contribution in [2.75, 3.05) is 6.61 Å². The first-order valence-corrected chi connectivity index (χ1v) is 20.9. The molecule has 1 aromatic rings. The van der Waals surface area contributed by atoms with Gasteiger partial charge < -0.3 is 28.1 Å². The Morgan fingerprint density at radius 2 is 1.56 bits per heavy atom. The van der Waals surface area contributed by atoms with Crippen molar-refractivity contribution < 1.29 is 56.9 Å². The summed E-state index contributed by atoms with van der Waals surface area (Å²) < 4.78 is 38.8. The minimum absolute atomic E-state index is 0.142. The highest BCUT2D eigenvalue weighted by Crippen LogP contribution is 2.68. The van der Waals surface area contributed by atoms with Crippen LogP contribution < -0.4 is 0 Å². The molecule has 1 spiro atoms. The van der Waals surface area contributed by atoms with E-state index in [0.717, 1.165) is 18.1 Å². The van der Waals surface area contributed by atoms with Gasteiger partial charge in [-0.1, -0.05) is 52.8 Å². The summed E-state index contributed by atoms with van der Waals surface area (Å²) in [6.07, 6.45) is -5.04. The number of Topliss-reactive ketones (excluding diaryl/α,β-unsaturated/α-hetero) is 2. The molecule has 2 aliphatic heterocycles. The van der Waals surface area contributed by atoms with Crippen molar-refractivity contribution in [3.8, 4) is 0 Å². The molecular formula is C39H50O12Si. The van der Waals surface area contributed by atoms with Crippen LogP contribution in [0.2, 0.25) is 18.1 Å². The predicted octanol–water partition coefficient (Wildman–Crippen LogP) is 5.07. The zero-order valence-electron chi connectivity index (χ0n) is 31.5. The lowest BCUT2D eigenvalue weighted by atomic mass is 9.43. The maximum absolute atomic E-state index is 15.8. The Kier molecular flexibility index (Phi) is 9.52. The number of esters is 4. The monoisotopic (exact) mass is 738 g/mol. The van der Waals surface area contributed by atoms with Crippen LogP contribution in [-0.2, 0) is 52.1 Å². The van der Waals surface area contributed by atoms with Crippen LogP contribution in [0.5, 0.6) is 0 Å². The Balaban J connectivity index is 1.75. The van der Waals surface area contributed by atoms with Gasteiger partial charge in [0.15, 0.2) is 43.3 Å². The number of benzene rings is 1. The van der Waals surface area contributed by atoms with Crippen molar-refractivity contribution in [3.05, 3.63) is 47.0 Å². The number of rotatable bonds is 9. The lowest BCUT2D eigenvalue weighted by Crippen LogP contribution is -2.83. The Labute approximate surface area is 305 Å². The highest BCUT2D eigenvalue weighted by Gasteiger charge is 2.82. The molecule has 2 saturated heterocycles. The number of hydrogen-bond acceptors (Lipinski definition) is 12. The Hall–Kier alpha value is -3.68. The second-order valence-corrected chi connectivity index (χ2v) is 20.5. The normalized spacial score (nSPS) is 36.2. The second kappa shape index (κ2) is 13.0. The summed E-state index contributed by atoms with van der Waals surface area (Å²) in [5.41, 5.74) is -6.16. The summed E-state index contributed by atoms with van der Waals surface area (Å²) in [7, 11) is -2.53. The molecule has 0 aromatic heterocycles. The Bertz CT molecular complexity index is 1720. The van der Waals surface area contributed by atoms with Gasteiger partial charge in [-0.25, -0.2) is 4.79 Å². The van der Waals surface area contributed by atoms with Gasteiger partial charge in [0.1, 0.15) is 6.10 Å². The van der Waals surface area contributed by atoms with Gasteiger partial charge in [0.05, 0.1) is 41.9 Å². The molecule has 6 rings (SSSR count). The number of allylic oxidation sites excluding steroid dienone is 1. The van der Waals surface area contributed by atoms with Gasteiger partial charge in [-0.2, -0.15) is 0 Å². The molecule has 3 aliphatic carbocycles. The van der Waals surface area contributed by atoms with E-state index in [4.69, 9.17) is 28.1 Å². The average molecular weight is 739 g/mol. The first-order chi connectivity index (χ1) is 24.4. The summed E-state index contributed by atoms with van der Waals surface area (Å²) in [6, 6.07) is 10.4. The van der Waals surface area contributed by atoms with E-state index < -0.39 is 102 Å². The Morgan fingerprint density at radius 3 is 2.10 bits per heavy atom. The molecule has 2 saturated carbocycles. The summed E-state index contributed by atoms with van der Waals surface area (Å²) in [4.78, 5) is 84.5. The maximum Gasteiger partial charge on any atom is 0.338 e. The first kappa shape index (κ1) is 38.1. The van der Waals surface area contributed by atoms with Crippen LogP contribution in [0.1, 0.15) is 85.5 Å². The van der Waals surface area contributed by atoms with E-state index >= 15 is 4.79 Å². The van der Waals surface area contributed by atoms with Gasteiger partial charge >= 0.3 is 23.9 Å². The SMILES string of the molecule is CC[Si](CC)(CC)O[C@H]1C[C@H]2OC[C@@]2(OC(C)=O)[C@H]2[C@H](OC(=O)c3ccccc3)[C@]34OC(=O)C[C@H]3C(=O)C(C)=C([C@@H](OC(C)=O)C(=O)[C@]12C)C4(C)C. The molecule has 0 radical (unpaired) electrons. The first-order valence-electron chi connectivity index (χ1n) is 18.3. The molecule has 52 heavy (non-hydrogen) atoms. The number of carbonyl (C=O) groups excluding carboxylic acids is 6. The van der Waals surface area contributed by atoms with Gasteiger partial charge in [0.2, 0.25) is 0 Å². The van der Waals surface area contributed by atoms with Crippen molar-refractivity contribution in [3.63, 3.8) is 0 Å². The summed E-state index contributed by atoms with van der Waals surface area (Å²) in [6.45, 7) is 15.1. The molecule has 0 unspecified atom stereocenters. The van der Waals surface area contributed by atoms with Crippen LogP contribution >= 0.6 is 0 Å².